The van der Waals surface area contributed by atoms with Crippen LogP contribution in [0.15, 0.2) is 54.6 Å². The summed E-state index contributed by atoms with van der Waals surface area (Å²) < 4.78 is 16.3. The first-order valence-electron chi connectivity index (χ1n) is 18.1. The van der Waals surface area contributed by atoms with Crippen LogP contribution in [-0.4, -0.2) is 103 Å². The Morgan fingerprint density at radius 3 is 2.29 bits per heavy atom. The third kappa shape index (κ3) is 11.5. The predicted molar refractivity (Wildman–Crippen MR) is 189 cm³/mol. The van der Waals surface area contributed by atoms with Gasteiger partial charge in [-0.1, -0.05) is 42.5 Å². The van der Waals surface area contributed by atoms with Crippen LogP contribution >= 0.6 is 0 Å². The molecule has 0 aliphatic carbocycles. The number of fused-ring (bicyclic) bond motifs is 1. The molecule has 10 nitrogen and oxygen atoms in total. The van der Waals surface area contributed by atoms with Crippen molar-refractivity contribution in [2.75, 3.05) is 52.9 Å². The molecule has 2 aromatic carbocycles. The fourth-order valence-electron chi connectivity index (χ4n) is 7.48. The fraction of sp³-hybridized carbons (Fsp3) is 0.615. The lowest BCUT2D eigenvalue weighted by Gasteiger charge is -2.50. The fourth-order valence-corrected chi connectivity index (χ4v) is 7.48. The number of likely N-dealkylation sites (tertiary alicyclic amines) is 1. The molecule has 1 N–H and O–H groups in total. The zero-order valence-electron chi connectivity index (χ0n) is 29.9. The highest BCUT2D eigenvalue weighted by molar-refractivity contribution is 5.82. The van der Waals surface area contributed by atoms with Crippen LogP contribution in [0.1, 0.15) is 70.4 Å². The van der Waals surface area contributed by atoms with Gasteiger partial charge in [-0.3, -0.25) is 19.4 Å². The average molecular weight is 677 g/mol. The number of benzene rings is 2. The molecule has 5 rings (SSSR count). The van der Waals surface area contributed by atoms with Gasteiger partial charge in [0.15, 0.2) is 0 Å². The number of hydrogen-bond acceptors (Lipinski definition) is 8. The zero-order chi connectivity index (χ0) is 34.8. The average Bonchev–Trinajstić information content (AvgIpc) is 3.09. The number of hydrogen-bond donors (Lipinski definition) is 1. The molecule has 268 valence electrons. The molecule has 3 heterocycles. The lowest BCUT2D eigenvalue weighted by molar-refractivity contribution is -0.145. The molecule has 3 aliphatic rings. The Bertz CT molecular complexity index is 1360. The number of piperidine rings is 2. The molecule has 3 aliphatic heterocycles. The molecule has 3 atom stereocenters. The minimum Gasteiger partial charge on any atom is -0.497 e. The Kier molecular flexibility index (Phi) is 13.0. The van der Waals surface area contributed by atoms with Gasteiger partial charge in [-0.25, -0.2) is 4.79 Å². The number of carbonyl (C=O) groups is 3. The Labute approximate surface area is 292 Å². The topological polar surface area (TPSA) is 101 Å². The molecule has 0 spiro atoms. The highest BCUT2D eigenvalue weighted by Gasteiger charge is 2.38. The van der Waals surface area contributed by atoms with Crippen molar-refractivity contribution >= 4 is 18.0 Å². The van der Waals surface area contributed by atoms with Gasteiger partial charge in [0.05, 0.1) is 7.11 Å². The SMILES string of the molecule is COc1ccc(C[C@H]2CN3CCC(CC(=O)NCC(=O)OCc4ccccc4)C[C@@H]3CN2CCC2CCN(C(=O)OC(C)(C)C)CC2)cc1. The molecule has 3 saturated heterocycles. The molecule has 2 amide bonds. The van der Waals surface area contributed by atoms with Crippen LogP contribution < -0.4 is 10.1 Å². The van der Waals surface area contributed by atoms with E-state index in [1.807, 2.05) is 68.1 Å². The van der Waals surface area contributed by atoms with Crippen molar-refractivity contribution in [2.24, 2.45) is 11.8 Å². The van der Waals surface area contributed by atoms with Crippen molar-refractivity contribution in [2.45, 2.75) is 90.0 Å². The first kappa shape index (κ1) is 36.6. The Balaban J connectivity index is 1.12. The number of esters is 1. The van der Waals surface area contributed by atoms with Gasteiger partial charge in [-0.2, -0.15) is 0 Å². The molecule has 0 aromatic heterocycles. The summed E-state index contributed by atoms with van der Waals surface area (Å²) in [6.45, 7) is 11.3. The molecule has 2 aromatic rings. The molecule has 1 unspecified atom stereocenters. The Hall–Kier alpha value is -3.63. The number of nitrogens with one attached hydrogen (secondary N) is 1. The van der Waals surface area contributed by atoms with E-state index in [2.05, 4.69) is 27.2 Å². The second-order valence-corrected chi connectivity index (χ2v) is 15.1. The highest BCUT2D eigenvalue weighted by atomic mass is 16.6. The molecule has 0 radical (unpaired) electrons. The zero-order valence-corrected chi connectivity index (χ0v) is 29.9. The van der Waals surface area contributed by atoms with Crippen LogP contribution in [0.2, 0.25) is 0 Å². The highest BCUT2D eigenvalue weighted by Crippen LogP contribution is 2.32. The first-order chi connectivity index (χ1) is 23.5. The maximum absolute atomic E-state index is 12.8. The lowest BCUT2D eigenvalue weighted by Crippen LogP contribution is -2.61. The third-order valence-corrected chi connectivity index (χ3v) is 10.2. The standard InChI is InChI=1S/C39H56N4O6/c1-39(2,3)49-38(46)41-18-14-29(15-19-41)16-20-42-27-34-23-32(24-36(44)40-25-37(45)48-28-31-8-6-5-7-9-31)17-21-43(34)26-33(42)22-30-10-12-35(47-4)13-11-30/h5-13,29,32-34H,14-28H2,1-4H3,(H,40,44)/t32?,33-,34+/m0/s1. The van der Waals surface area contributed by atoms with Crippen LogP contribution in [0.5, 0.6) is 5.75 Å². The van der Waals surface area contributed by atoms with E-state index in [1.165, 1.54) is 5.56 Å². The van der Waals surface area contributed by atoms with E-state index in [0.717, 1.165) is 89.1 Å². The number of piperazine rings is 1. The van der Waals surface area contributed by atoms with Crippen LogP contribution in [-0.2, 0) is 32.1 Å². The normalized spacial score (nSPS) is 22.2. The number of rotatable bonds is 12. The maximum Gasteiger partial charge on any atom is 0.410 e. The molecular weight excluding hydrogens is 620 g/mol. The summed E-state index contributed by atoms with van der Waals surface area (Å²) in [6, 6.07) is 18.8. The lowest BCUT2D eigenvalue weighted by atomic mass is 9.85. The van der Waals surface area contributed by atoms with Crippen molar-refractivity contribution in [3.05, 3.63) is 65.7 Å². The predicted octanol–water partition coefficient (Wildman–Crippen LogP) is 5.29. The van der Waals surface area contributed by atoms with Gasteiger partial charge >= 0.3 is 12.1 Å². The molecule has 49 heavy (non-hydrogen) atoms. The van der Waals surface area contributed by atoms with Gasteiger partial charge < -0.3 is 24.4 Å². The smallest absolute Gasteiger partial charge is 0.410 e. The number of carbonyl (C=O) groups excluding carboxylic acids is 3. The van der Waals surface area contributed by atoms with E-state index < -0.39 is 11.6 Å². The molecule has 3 fully saturated rings. The van der Waals surface area contributed by atoms with E-state index in [0.29, 0.717) is 30.3 Å². The molecule has 0 saturated carbocycles. The Morgan fingerprint density at radius 2 is 1.59 bits per heavy atom. The van der Waals surface area contributed by atoms with Gasteiger partial charge in [0, 0.05) is 44.7 Å². The summed E-state index contributed by atoms with van der Waals surface area (Å²) in [4.78, 5) is 44.8. The van der Waals surface area contributed by atoms with E-state index >= 15 is 0 Å². The second kappa shape index (κ2) is 17.3. The Morgan fingerprint density at radius 1 is 0.878 bits per heavy atom. The van der Waals surface area contributed by atoms with Crippen molar-refractivity contribution < 1.29 is 28.6 Å². The van der Waals surface area contributed by atoms with Gasteiger partial charge in [0.2, 0.25) is 5.91 Å². The molecule has 0 bridgehead atoms. The summed E-state index contributed by atoms with van der Waals surface area (Å²) in [7, 11) is 1.70. The second-order valence-electron chi connectivity index (χ2n) is 15.1. The summed E-state index contributed by atoms with van der Waals surface area (Å²) in [6.07, 6.45) is 6.29. The van der Waals surface area contributed by atoms with Crippen molar-refractivity contribution in [1.82, 2.24) is 20.0 Å². The molecular formula is C39H56N4O6. The summed E-state index contributed by atoms with van der Waals surface area (Å²) in [5, 5.41) is 2.79. The van der Waals surface area contributed by atoms with E-state index in [-0.39, 0.29) is 25.2 Å². The summed E-state index contributed by atoms with van der Waals surface area (Å²) in [5.41, 5.74) is 1.76. The van der Waals surface area contributed by atoms with Crippen LogP contribution in [0, 0.1) is 11.8 Å². The minimum atomic E-state index is -0.479. The van der Waals surface area contributed by atoms with Crippen molar-refractivity contribution in [3.63, 3.8) is 0 Å². The van der Waals surface area contributed by atoms with Gasteiger partial charge in [-0.05, 0) is 107 Å². The van der Waals surface area contributed by atoms with Crippen LogP contribution in [0.4, 0.5) is 4.79 Å². The van der Waals surface area contributed by atoms with E-state index in [4.69, 9.17) is 14.2 Å². The van der Waals surface area contributed by atoms with Crippen molar-refractivity contribution in [3.8, 4) is 5.75 Å². The minimum absolute atomic E-state index is 0.0853. The van der Waals surface area contributed by atoms with E-state index in [9.17, 15) is 14.4 Å². The summed E-state index contributed by atoms with van der Waals surface area (Å²) >= 11 is 0. The largest absolute Gasteiger partial charge is 0.497 e. The number of ether oxygens (including phenoxy) is 3. The van der Waals surface area contributed by atoms with Crippen LogP contribution in [0.3, 0.4) is 0 Å². The summed E-state index contributed by atoms with van der Waals surface area (Å²) in [5.74, 6) is 1.24. The quantitative estimate of drug-likeness (QED) is 0.303. The monoisotopic (exact) mass is 676 g/mol. The number of methoxy groups -OCH3 is 1. The number of amides is 2. The van der Waals surface area contributed by atoms with Gasteiger partial charge in [0.25, 0.3) is 0 Å². The first-order valence-corrected chi connectivity index (χ1v) is 18.1. The maximum atomic E-state index is 12.8. The number of nitrogens with zero attached hydrogens (tertiary/aromatic N) is 3. The van der Waals surface area contributed by atoms with Gasteiger partial charge in [0.1, 0.15) is 24.5 Å². The molecule has 10 heteroatoms. The van der Waals surface area contributed by atoms with Crippen LogP contribution in [0.25, 0.3) is 0 Å². The van der Waals surface area contributed by atoms with Crippen molar-refractivity contribution in [1.29, 1.82) is 0 Å². The van der Waals surface area contributed by atoms with E-state index in [1.54, 1.807) is 7.11 Å². The van der Waals surface area contributed by atoms with Gasteiger partial charge in [-0.15, -0.1) is 0 Å². The third-order valence-electron chi connectivity index (χ3n) is 10.2.